The highest BCUT2D eigenvalue weighted by Crippen LogP contribution is 2.39. The maximum Gasteiger partial charge on any atom is 0.127 e. The van der Waals surface area contributed by atoms with Gasteiger partial charge in [0.25, 0.3) is 0 Å². The van der Waals surface area contributed by atoms with Crippen molar-refractivity contribution in [2.24, 2.45) is 0 Å². The Kier molecular flexibility index (Phi) is 7.44. The van der Waals surface area contributed by atoms with E-state index in [0.29, 0.717) is 11.3 Å². The van der Waals surface area contributed by atoms with Crippen LogP contribution < -0.4 is 0 Å². The van der Waals surface area contributed by atoms with E-state index >= 15 is 0 Å². The smallest absolute Gasteiger partial charge is 0.127 e. The van der Waals surface area contributed by atoms with Gasteiger partial charge in [-0.25, -0.2) is 9.37 Å². The Hall–Kier alpha value is -6.85. The lowest BCUT2D eigenvalue weighted by Crippen LogP contribution is -1.95. The van der Waals surface area contributed by atoms with Crippen molar-refractivity contribution in [2.45, 2.75) is 0 Å². The number of nitrogens with zero attached hydrogens (tertiary/aromatic N) is 3. The van der Waals surface area contributed by atoms with Gasteiger partial charge in [-0.1, -0.05) is 103 Å². The van der Waals surface area contributed by atoms with Crippen LogP contribution >= 0.6 is 0 Å². The van der Waals surface area contributed by atoms with Gasteiger partial charge in [0, 0.05) is 51.0 Å². The summed E-state index contributed by atoms with van der Waals surface area (Å²) in [6.07, 6.45) is 1.87. The topological polar surface area (TPSA) is 50.9 Å². The number of benzene rings is 6. The second-order valence-electron chi connectivity index (χ2n) is 12.6. The molecule has 0 radical (unpaired) electrons. The third-order valence-corrected chi connectivity index (χ3v) is 9.40. The Balaban J connectivity index is 1.17. The molecule has 0 fully saturated rings. The lowest BCUT2D eigenvalue weighted by Gasteiger charge is -2.13. The number of pyridine rings is 2. The summed E-state index contributed by atoms with van der Waals surface area (Å²) in [4.78, 5) is 9.81. The first kappa shape index (κ1) is 30.2. The van der Waals surface area contributed by atoms with E-state index in [9.17, 15) is 9.50 Å². The molecule has 0 saturated carbocycles. The van der Waals surface area contributed by atoms with Gasteiger partial charge in [0.1, 0.15) is 11.6 Å². The largest absolute Gasteiger partial charge is 0.507 e. The Bertz CT molecular complexity index is 2720. The molecule has 3 heterocycles. The molecular formula is C46H30FN3O. The van der Waals surface area contributed by atoms with Crippen LogP contribution in [0.5, 0.6) is 5.75 Å². The van der Waals surface area contributed by atoms with Crippen LogP contribution in [0.15, 0.2) is 176 Å². The van der Waals surface area contributed by atoms with E-state index in [-0.39, 0.29) is 5.75 Å². The second-order valence-corrected chi connectivity index (χ2v) is 12.6. The van der Waals surface area contributed by atoms with E-state index in [1.54, 1.807) is 6.07 Å². The maximum absolute atomic E-state index is 13.9. The summed E-state index contributed by atoms with van der Waals surface area (Å²) >= 11 is 0. The Morgan fingerprint density at radius 3 is 1.96 bits per heavy atom. The van der Waals surface area contributed by atoms with Crippen LogP contribution in [0.25, 0.3) is 83.5 Å². The number of aromatic nitrogens is 3. The van der Waals surface area contributed by atoms with Gasteiger partial charge in [-0.3, -0.25) is 4.98 Å². The van der Waals surface area contributed by atoms with E-state index in [4.69, 9.17) is 9.97 Å². The van der Waals surface area contributed by atoms with Crippen molar-refractivity contribution >= 4 is 21.8 Å². The van der Waals surface area contributed by atoms with Crippen LogP contribution in [-0.4, -0.2) is 19.6 Å². The molecule has 0 bridgehead atoms. The van der Waals surface area contributed by atoms with Gasteiger partial charge in [-0.15, -0.1) is 0 Å². The predicted molar refractivity (Wildman–Crippen MR) is 205 cm³/mol. The van der Waals surface area contributed by atoms with Crippen molar-refractivity contribution in [3.8, 4) is 67.5 Å². The van der Waals surface area contributed by atoms with Crippen LogP contribution in [0.1, 0.15) is 0 Å². The normalized spacial score (nSPS) is 11.3. The summed E-state index contributed by atoms with van der Waals surface area (Å²) < 4.78 is 16.3. The third kappa shape index (κ3) is 5.51. The molecule has 0 saturated heterocycles. The summed E-state index contributed by atoms with van der Waals surface area (Å²) in [5.74, 6) is -0.661. The Labute approximate surface area is 294 Å². The van der Waals surface area contributed by atoms with E-state index in [1.807, 2.05) is 66.9 Å². The number of hydrogen-bond acceptors (Lipinski definition) is 3. The molecule has 3 aromatic heterocycles. The van der Waals surface area contributed by atoms with E-state index in [0.717, 1.165) is 67.6 Å². The fraction of sp³-hybridized carbons (Fsp3) is 0. The van der Waals surface area contributed by atoms with Crippen LogP contribution in [0.3, 0.4) is 0 Å². The minimum absolute atomic E-state index is 0.158. The van der Waals surface area contributed by atoms with Gasteiger partial charge < -0.3 is 9.67 Å². The first-order valence-corrected chi connectivity index (χ1v) is 16.8. The average Bonchev–Trinajstić information content (AvgIpc) is 3.53. The molecule has 1 N–H and O–H groups in total. The molecule has 0 spiro atoms. The molecule has 9 rings (SSSR count). The highest BCUT2D eigenvalue weighted by molar-refractivity contribution is 6.13. The minimum Gasteiger partial charge on any atom is -0.507 e. The number of phenols is 1. The molecule has 0 atom stereocenters. The number of fused-ring (bicyclic) bond motifs is 3. The Morgan fingerprint density at radius 2 is 1.14 bits per heavy atom. The number of hydrogen-bond donors (Lipinski definition) is 1. The van der Waals surface area contributed by atoms with Crippen molar-refractivity contribution in [1.29, 1.82) is 0 Å². The first-order chi connectivity index (χ1) is 25.1. The predicted octanol–water partition coefficient (Wildman–Crippen LogP) is 11.8. The Morgan fingerprint density at radius 1 is 0.471 bits per heavy atom. The molecule has 6 aromatic carbocycles. The monoisotopic (exact) mass is 659 g/mol. The highest BCUT2D eigenvalue weighted by atomic mass is 19.1. The first-order valence-electron chi connectivity index (χ1n) is 16.8. The van der Waals surface area contributed by atoms with Crippen LogP contribution in [0, 0.1) is 5.82 Å². The van der Waals surface area contributed by atoms with Crippen molar-refractivity contribution in [1.82, 2.24) is 14.5 Å². The van der Waals surface area contributed by atoms with E-state index < -0.39 is 5.82 Å². The van der Waals surface area contributed by atoms with Crippen molar-refractivity contribution < 1.29 is 9.50 Å². The molecule has 0 aliphatic rings. The summed E-state index contributed by atoms with van der Waals surface area (Å²) in [7, 11) is 0. The summed E-state index contributed by atoms with van der Waals surface area (Å²) in [5.41, 5.74) is 12.0. The minimum atomic E-state index is -0.504. The molecule has 51 heavy (non-hydrogen) atoms. The van der Waals surface area contributed by atoms with Gasteiger partial charge >= 0.3 is 0 Å². The SMILES string of the molecule is Oc1cc(F)ccc1-c1cc(-c2ccccc2)cc(-c2cccc(-c3cc(-c4cccc5c6ccccc6n(-c6ccccc6)c45)ccn3)c2)n1. The van der Waals surface area contributed by atoms with Gasteiger partial charge in [0.2, 0.25) is 0 Å². The van der Waals surface area contributed by atoms with Crippen LogP contribution in [0.4, 0.5) is 4.39 Å². The van der Waals surface area contributed by atoms with Crippen molar-refractivity contribution in [2.75, 3.05) is 0 Å². The lowest BCUT2D eigenvalue weighted by atomic mass is 9.97. The third-order valence-electron chi connectivity index (χ3n) is 9.40. The molecule has 242 valence electrons. The molecule has 0 amide bonds. The second kappa shape index (κ2) is 12.6. The number of halogens is 1. The number of rotatable bonds is 6. The van der Waals surface area contributed by atoms with Gasteiger partial charge in [-0.2, -0.15) is 0 Å². The average molecular weight is 660 g/mol. The van der Waals surface area contributed by atoms with Gasteiger partial charge in [-0.05, 0) is 77.4 Å². The maximum atomic E-state index is 13.9. The zero-order chi connectivity index (χ0) is 34.3. The number of phenolic OH excluding ortho intramolecular Hbond substituents is 1. The lowest BCUT2D eigenvalue weighted by molar-refractivity contribution is 0.471. The summed E-state index contributed by atoms with van der Waals surface area (Å²) in [5, 5.41) is 13.1. The summed E-state index contributed by atoms with van der Waals surface area (Å²) in [6.45, 7) is 0. The molecule has 0 aliphatic carbocycles. The zero-order valence-corrected chi connectivity index (χ0v) is 27.4. The quantitative estimate of drug-likeness (QED) is 0.193. The molecule has 5 heteroatoms. The van der Waals surface area contributed by atoms with Crippen molar-refractivity contribution in [3.05, 3.63) is 182 Å². The van der Waals surface area contributed by atoms with Crippen LogP contribution in [0.2, 0.25) is 0 Å². The molecular weight excluding hydrogens is 630 g/mol. The number of aromatic hydroxyl groups is 1. The fourth-order valence-electron chi connectivity index (χ4n) is 7.03. The highest BCUT2D eigenvalue weighted by Gasteiger charge is 2.17. The number of para-hydroxylation sites is 3. The van der Waals surface area contributed by atoms with Gasteiger partial charge in [0.15, 0.2) is 0 Å². The fourth-order valence-corrected chi connectivity index (χ4v) is 7.03. The molecule has 4 nitrogen and oxygen atoms in total. The van der Waals surface area contributed by atoms with Crippen molar-refractivity contribution in [3.63, 3.8) is 0 Å². The molecule has 9 aromatic rings. The summed E-state index contributed by atoms with van der Waals surface area (Å²) in [6, 6.07) is 56.0. The van der Waals surface area contributed by atoms with Gasteiger partial charge in [0.05, 0.1) is 28.1 Å². The van der Waals surface area contributed by atoms with E-state index in [2.05, 4.69) is 95.6 Å². The molecule has 0 unspecified atom stereocenters. The molecule has 0 aliphatic heterocycles. The standard InChI is InChI=1S/C46H30FN3O/c47-35-21-22-40(45(51)29-35)43-28-34(30-11-3-1-4-12-30)27-42(49-43)33-14-9-13-32(25-33)41-26-31(23-24-48-41)37-18-10-19-39-38-17-7-8-20-44(38)50(46(37)39)36-15-5-2-6-16-36/h1-29,51H. The van der Waals surface area contributed by atoms with E-state index in [1.165, 1.54) is 16.8 Å². The van der Waals surface area contributed by atoms with Crippen LogP contribution in [-0.2, 0) is 0 Å². The zero-order valence-electron chi connectivity index (χ0n) is 27.4.